The summed E-state index contributed by atoms with van der Waals surface area (Å²) < 4.78 is 40.2. The van der Waals surface area contributed by atoms with Gasteiger partial charge in [0.15, 0.2) is 10.8 Å². The van der Waals surface area contributed by atoms with Crippen molar-refractivity contribution >= 4 is 50.0 Å². The third-order valence-corrected chi connectivity index (χ3v) is 6.60. The van der Waals surface area contributed by atoms with Crippen LogP contribution in [0.4, 0.5) is 24.0 Å². The highest BCUT2D eigenvalue weighted by atomic mass is 35.5. The van der Waals surface area contributed by atoms with Crippen LogP contribution >= 0.6 is 22.9 Å². The van der Waals surface area contributed by atoms with Crippen LogP contribution < -0.4 is 15.8 Å². The van der Waals surface area contributed by atoms with Crippen molar-refractivity contribution in [1.82, 2.24) is 14.5 Å². The number of carbonyl (C=O) groups is 1. The topological polar surface area (TPSA) is 80.1 Å². The van der Waals surface area contributed by atoms with Crippen LogP contribution in [0.25, 0.3) is 10.3 Å². The fraction of sp³-hybridized carbons (Fsp3) is 0.400. The minimum atomic E-state index is -4.58. The Bertz CT molecular complexity index is 1230. The van der Waals surface area contributed by atoms with Gasteiger partial charge < -0.3 is 10.2 Å². The third kappa shape index (κ3) is 4.73. The number of benzene rings is 1. The van der Waals surface area contributed by atoms with Gasteiger partial charge in [-0.15, -0.1) is 0 Å². The van der Waals surface area contributed by atoms with Crippen molar-refractivity contribution < 1.29 is 18.0 Å². The zero-order chi connectivity index (χ0) is 23.0. The molecule has 1 N–H and O–H groups in total. The maximum atomic E-state index is 12.9. The highest BCUT2D eigenvalue weighted by Gasteiger charge is 2.31. The van der Waals surface area contributed by atoms with E-state index in [0.717, 1.165) is 48.7 Å². The van der Waals surface area contributed by atoms with Crippen molar-refractivity contribution in [3.05, 3.63) is 45.5 Å². The molecule has 7 nitrogen and oxygen atoms in total. The van der Waals surface area contributed by atoms with Crippen LogP contribution in [0, 0.1) is 5.92 Å². The average molecular weight is 486 g/mol. The summed E-state index contributed by atoms with van der Waals surface area (Å²) in [6.07, 6.45) is -1.17. The fourth-order valence-corrected chi connectivity index (χ4v) is 4.76. The number of amides is 1. The van der Waals surface area contributed by atoms with Gasteiger partial charge in [-0.25, -0.2) is 4.98 Å². The summed E-state index contributed by atoms with van der Waals surface area (Å²) in [5, 5.41) is 3.00. The van der Waals surface area contributed by atoms with E-state index in [4.69, 9.17) is 11.6 Å². The lowest BCUT2D eigenvalue weighted by atomic mass is 10.0. The second-order valence-corrected chi connectivity index (χ2v) is 9.15. The molecule has 1 aliphatic heterocycles. The van der Waals surface area contributed by atoms with E-state index < -0.39 is 29.8 Å². The van der Waals surface area contributed by atoms with E-state index in [-0.39, 0.29) is 10.7 Å². The van der Waals surface area contributed by atoms with Crippen LogP contribution in [0.5, 0.6) is 0 Å². The molecule has 0 saturated carbocycles. The number of fused-ring (bicyclic) bond motifs is 1. The van der Waals surface area contributed by atoms with Gasteiger partial charge in [0.05, 0.1) is 16.3 Å². The molecule has 0 radical (unpaired) electrons. The van der Waals surface area contributed by atoms with Gasteiger partial charge in [-0.05, 0) is 37.0 Å². The monoisotopic (exact) mass is 485 g/mol. The summed E-state index contributed by atoms with van der Waals surface area (Å²) >= 11 is 7.14. The van der Waals surface area contributed by atoms with Crippen molar-refractivity contribution in [1.29, 1.82) is 0 Å². The molecule has 1 aromatic carbocycles. The van der Waals surface area contributed by atoms with Gasteiger partial charge in [0, 0.05) is 13.1 Å². The van der Waals surface area contributed by atoms with Crippen LogP contribution in [0.2, 0.25) is 5.02 Å². The predicted octanol–water partition coefficient (Wildman–Crippen LogP) is 4.40. The predicted molar refractivity (Wildman–Crippen MR) is 117 cm³/mol. The zero-order valence-electron chi connectivity index (χ0n) is 16.9. The fourth-order valence-electron chi connectivity index (χ4n) is 3.59. The smallest absolute Gasteiger partial charge is 0.348 e. The summed E-state index contributed by atoms with van der Waals surface area (Å²) in [4.78, 5) is 36.0. The average Bonchev–Trinajstić information content (AvgIpc) is 3.16. The Morgan fingerprint density at radius 1 is 1.38 bits per heavy atom. The Morgan fingerprint density at radius 2 is 2.16 bits per heavy atom. The number of piperidine rings is 1. The van der Waals surface area contributed by atoms with Crippen molar-refractivity contribution in [3.63, 3.8) is 0 Å². The van der Waals surface area contributed by atoms with Gasteiger partial charge in [-0.1, -0.05) is 29.9 Å². The molecule has 1 fully saturated rings. The van der Waals surface area contributed by atoms with Crippen LogP contribution in [0.1, 0.15) is 25.3 Å². The van der Waals surface area contributed by atoms with E-state index in [2.05, 4.69) is 27.1 Å². The largest absolute Gasteiger partial charge is 0.416 e. The van der Waals surface area contributed by atoms with E-state index >= 15 is 0 Å². The molecular weight excluding hydrogens is 467 g/mol. The molecule has 1 saturated heterocycles. The van der Waals surface area contributed by atoms with E-state index in [9.17, 15) is 22.8 Å². The lowest BCUT2D eigenvalue weighted by molar-refractivity contribution is -0.137. The van der Waals surface area contributed by atoms with Gasteiger partial charge in [0.1, 0.15) is 17.6 Å². The second kappa shape index (κ2) is 8.70. The van der Waals surface area contributed by atoms with E-state index in [1.54, 1.807) is 0 Å². The van der Waals surface area contributed by atoms with Crippen molar-refractivity contribution in [3.8, 4) is 0 Å². The normalized spacial score (nSPS) is 17.0. The highest BCUT2D eigenvalue weighted by molar-refractivity contribution is 7.22. The van der Waals surface area contributed by atoms with Gasteiger partial charge in [0.2, 0.25) is 5.91 Å². The Kier molecular flexibility index (Phi) is 6.13. The Hall–Kier alpha value is -2.66. The first-order chi connectivity index (χ1) is 15.1. The Morgan fingerprint density at radius 3 is 2.88 bits per heavy atom. The van der Waals surface area contributed by atoms with Crippen LogP contribution in [-0.4, -0.2) is 33.5 Å². The summed E-state index contributed by atoms with van der Waals surface area (Å²) in [6.45, 7) is 3.45. The first-order valence-electron chi connectivity index (χ1n) is 9.89. The van der Waals surface area contributed by atoms with Gasteiger partial charge in [-0.2, -0.15) is 18.2 Å². The molecule has 4 rings (SSSR count). The number of halogens is 4. The van der Waals surface area contributed by atoms with Crippen molar-refractivity contribution in [2.75, 3.05) is 23.3 Å². The maximum absolute atomic E-state index is 12.9. The number of thiazole rings is 1. The SMILES string of the molecule is CC1CCCN(c2nc3ncn(CC(=O)Nc4cc(C(F)(F)F)ccc4Cl)c(=O)c3s2)C1. The number of alkyl halides is 3. The quantitative estimate of drug-likeness (QED) is 0.592. The minimum absolute atomic E-state index is 0.0462. The number of anilines is 2. The van der Waals surface area contributed by atoms with E-state index in [1.807, 2.05) is 0 Å². The van der Waals surface area contributed by atoms with E-state index in [0.29, 0.717) is 21.4 Å². The molecule has 1 unspecified atom stereocenters. The number of nitrogens with zero attached hydrogens (tertiary/aromatic N) is 4. The molecule has 2 aromatic heterocycles. The number of nitrogens with one attached hydrogen (secondary N) is 1. The molecule has 1 aliphatic rings. The van der Waals surface area contributed by atoms with Crippen LogP contribution in [0.3, 0.4) is 0 Å². The number of aromatic nitrogens is 3. The van der Waals surface area contributed by atoms with Gasteiger partial charge in [-0.3, -0.25) is 14.2 Å². The summed E-state index contributed by atoms with van der Waals surface area (Å²) in [6, 6.07) is 2.63. The number of carbonyl (C=O) groups excluding carboxylic acids is 1. The zero-order valence-corrected chi connectivity index (χ0v) is 18.5. The first-order valence-corrected chi connectivity index (χ1v) is 11.1. The molecule has 12 heteroatoms. The number of hydrogen-bond acceptors (Lipinski definition) is 6. The first kappa shape index (κ1) is 22.5. The summed E-state index contributed by atoms with van der Waals surface area (Å²) in [5.41, 5.74) is -1.26. The Balaban J connectivity index is 1.54. The standard InChI is InChI=1S/C20H19ClF3N5O2S/c1-11-3-2-6-28(8-11)19-27-17-16(32-19)18(31)29(10-25-17)9-15(30)26-14-7-12(20(22,23)24)4-5-13(14)21/h4-5,7,10-11H,2-3,6,8-9H2,1H3,(H,26,30). The lowest BCUT2D eigenvalue weighted by Crippen LogP contribution is -2.34. The second-order valence-electron chi connectivity index (χ2n) is 7.76. The Labute approximate surface area is 189 Å². The highest BCUT2D eigenvalue weighted by Crippen LogP contribution is 2.34. The summed E-state index contributed by atoms with van der Waals surface area (Å²) in [5.74, 6) is -0.171. The molecule has 0 aliphatic carbocycles. The molecule has 0 bridgehead atoms. The lowest BCUT2D eigenvalue weighted by Gasteiger charge is -2.30. The molecule has 3 aromatic rings. The third-order valence-electron chi connectivity index (χ3n) is 5.18. The number of rotatable bonds is 4. The molecule has 0 spiro atoms. The van der Waals surface area contributed by atoms with Crippen LogP contribution in [0.15, 0.2) is 29.3 Å². The maximum Gasteiger partial charge on any atom is 0.416 e. The van der Waals surface area contributed by atoms with E-state index in [1.165, 1.54) is 17.7 Å². The number of hydrogen-bond donors (Lipinski definition) is 1. The molecule has 3 heterocycles. The van der Waals surface area contributed by atoms with Crippen LogP contribution in [-0.2, 0) is 17.5 Å². The minimum Gasteiger partial charge on any atom is -0.348 e. The molecule has 1 amide bonds. The van der Waals surface area contributed by atoms with Gasteiger partial charge in [0.25, 0.3) is 5.56 Å². The van der Waals surface area contributed by atoms with Crippen molar-refractivity contribution in [2.45, 2.75) is 32.5 Å². The summed E-state index contributed by atoms with van der Waals surface area (Å²) in [7, 11) is 0. The molecule has 1 atom stereocenters. The molecular formula is C20H19ClF3N5O2S. The molecule has 170 valence electrons. The van der Waals surface area contributed by atoms with Crippen molar-refractivity contribution in [2.24, 2.45) is 5.92 Å². The molecule has 32 heavy (non-hydrogen) atoms. The van der Waals surface area contributed by atoms with Gasteiger partial charge >= 0.3 is 6.18 Å².